The summed E-state index contributed by atoms with van der Waals surface area (Å²) in [6.07, 6.45) is 2.88. The van der Waals surface area contributed by atoms with Gasteiger partial charge >= 0.3 is 0 Å². The minimum atomic E-state index is 0.640. The molecule has 2 aromatic heterocycles. The first-order valence-corrected chi connectivity index (χ1v) is 19.1. The van der Waals surface area contributed by atoms with Gasteiger partial charge in [-0.1, -0.05) is 152 Å². The van der Waals surface area contributed by atoms with E-state index in [0.29, 0.717) is 6.54 Å². The Hall–Kier alpha value is -7.14. The second-order valence-electron chi connectivity index (χ2n) is 14.1. The van der Waals surface area contributed by atoms with Crippen molar-refractivity contribution >= 4 is 49.3 Å². The van der Waals surface area contributed by atoms with Crippen LogP contribution in [0.2, 0.25) is 0 Å². The highest BCUT2D eigenvalue weighted by Crippen LogP contribution is 2.38. The van der Waals surface area contributed by atoms with Gasteiger partial charge in [0.2, 0.25) is 0 Å². The van der Waals surface area contributed by atoms with Crippen molar-refractivity contribution < 1.29 is 0 Å². The lowest BCUT2D eigenvalue weighted by Crippen LogP contribution is -1.97. The summed E-state index contributed by atoms with van der Waals surface area (Å²) in [5.41, 5.74) is 25.5. The van der Waals surface area contributed by atoms with Crippen molar-refractivity contribution in [3.63, 3.8) is 0 Å². The second-order valence-corrected chi connectivity index (χ2v) is 14.1. The van der Waals surface area contributed by atoms with Crippen molar-refractivity contribution in [1.29, 1.82) is 0 Å². The Labute approximate surface area is 327 Å². The molecule has 0 aliphatic carbocycles. The van der Waals surface area contributed by atoms with Crippen LogP contribution in [0.4, 0.5) is 0 Å². The highest BCUT2D eigenvalue weighted by Gasteiger charge is 2.16. The Balaban J connectivity index is 0.000000459. The molecular formula is C52H42N4. The van der Waals surface area contributed by atoms with Crippen molar-refractivity contribution in [2.24, 2.45) is 11.5 Å². The number of rotatable bonds is 7. The Kier molecular flexibility index (Phi) is 9.46. The van der Waals surface area contributed by atoms with Gasteiger partial charge in [-0.15, -0.1) is 0 Å². The molecule has 0 saturated heterocycles. The monoisotopic (exact) mass is 722 g/mol. The van der Waals surface area contributed by atoms with Crippen molar-refractivity contribution in [3.8, 4) is 22.5 Å². The van der Waals surface area contributed by atoms with Crippen LogP contribution >= 0.6 is 0 Å². The molecule has 56 heavy (non-hydrogen) atoms. The molecule has 10 rings (SSSR count). The van der Waals surface area contributed by atoms with Crippen LogP contribution in [0.1, 0.15) is 16.7 Å². The third-order valence-electron chi connectivity index (χ3n) is 10.6. The summed E-state index contributed by atoms with van der Waals surface area (Å²) < 4.78 is 4.76. The quantitative estimate of drug-likeness (QED) is 0.172. The lowest BCUT2D eigenvalue weighted by molar-refractivity contribution is 1.07. The van der Waals surface area contributed by atoms with Crippen molar-refractivity contribution in [1.82, 2.24) is 9.13 Å². The van der Waals surface area contributed by atoms with Gasteiger partial charge in [0, 0.05) is 45.2 Å². The molecule has 4 N–H and O–H groups in total. The number of hydrogen-bond donors (Lipinski definition) is 2. The van der Waals surface area contributed by atoms with E-state index in [1.54, 1.807) is 0 Å². The SMILES string of the molecule is N/C(=C\Cc1ccc(-n2c3ccccc3c3cc(-c4ccc5c6ccccc6n(-c6ccccc6)c5c4)ccc32)cc1)c1ccccc1.NCc1ccccc1. The van der Waals surface area contributed by atoms with E-state index in [4.69, 9.17) is 11.5 Å². The number of nitrogens with zero attached hydrogens (tertiary/aromatic N) is 2. The summed E-state index contributed by atoms with van der Waals surface area (Å²) in [7, 11) is 0. The first kappa shape index (κ1) is 34.6. The maximum Gasteiger partial charge on any atom is 0.0547 e. The van der Waals surface area contributed by atoms with Crippen molar-refractivity contribution in [2.75, 3.05) is 0 Å². The summed E-state index contributed by atoms with van der Waals surface area (Å²) in [5.74, 6) is 0. The molecule has 0 amide bonds. The van der Waals surface area contributed by atoms with Gasteiger partial charge in [-0.3, -0.25) is 0 Å². The minimum absolute atomic E-state index is 0.640. The zero-order chi connectivity index (χ0) is 37.8. The van der Waals surface area contributed by atoms with Gasteiger partial charge in [0.15, 0.2) is 0 Å². The molecule has 2 heterocycles. The van der Waals surface area contributed by atoms with E-state index in [9.17, 15) is 0 Å². The van der Waals surface area contributed by atoms with Gasteiger partial charge in [-0.05, 0) is 88.8 Å². The summed E-state index contributed by atoms with van der Waals surface area (Å²) in [4.78, 5) is 0. The number of benzene rings is 8. The van der Waals surface area contributed by atoms with Gasteiger partial charge in [0.05, 0.1) is 22.1 Å². The van der Waals surface area contributed by atoms with Gasteiger partial charge in [-0.25, -0.2) is 0 Å². The van der Waals surface area contributed by atoms with Crippen LogP contribution in [0.3, 0.4) is 0 Å². The minimum Gasteiger partial charge on any atom is -0.398 e. The molecule has 4 nitrogen and oxygen atoms in total. The third kappa shape index (κ3) is 6.64. The van der Waals surface area contributed by atoms with E-state index in [0.717, 1.165) is 23.4 Å². The summed E-state index contributed by atoms with van der Waals surface area (Å²) >= 11 is 0. The molecule has 8 aromatic carbocycles. The van der Waals surface area contributed by atoms with Crippen molar-refractivity contribution in [2.45, 2.75) is 13.0 Å². The average Bonchev–Trinajstić information content (AvgIpc) is 3.79. The molecule has 0 fully saturated rings. The Morgan fingerprint density at radius 3 is 1.57 bits per heavy atom. The molecule has 0 atom stereocenters. The largest absolute Gasteiger partial charge is 0.398 e. The number of nitrogens with two attached hydrogens (primary N) is 2. The number of hydrogen-bond acceptors (Lipinski definition) is 2. The van der Waals surface area contributed by atoms with Crippen LogP contribution in [0.5, 0.6) is 0 Å². The Morgan fingerprint density at radius 1 is 0.411 bits per heavy atom. The van der Waals surface area contributed by atoms with Gasteiger partial charge in [0.25, 0.3) is 0 Å². The zero-order valence-electron chi connectivity index (χ0n) is 31.1. The van der Waals surface area contributed by atoms with E-state index < -0.39 is 0 Å². The van der Waals surface area contributed by atoms with Gasteiger partial charge in [0.1, 0.15) is 0 Å². The molecule has 270 valence electrons. The Bertz CT molecular complexity index is 2960. The number of allylic oxidation sites excluding steroid dienone is 1. The highest BCUT2D eigenvalue weighted by molar-refractivity contribution is 6.12. The zero-order valence-corrected chi connectivity index (χ0v) is 31.1. The molecule has 0 saturated carbocycles. The molecular weight excluding hydrogens is 681 g/mol. The molecule has 0 bridgehead atoms. The third-order valence-corrected chi connectivity index (χ3v) is 10.6. The van der Waals surface area contributed by atoms with E-state index in [-0.39, 0.29) is 0 Å². The molecule has 0 aliphatic heterocycles. The standard InChI is InChI=1S/C45H33N3.C7H9N/c46-41(32-11-3-1-4-12-32)27-21-31-19-24-36(25-20-31)47-43-18-10-8-16-38(43)40-29-33(23-28-44(40)47)34-22-26-39-37-15-7-9-17-42(37)48(45(39)30-34)35-13-5-2-6-14-35;8-6-7-4-2-1-3-5-7/h1-20,22-30H,21,46H2;1-5H,6,8H2/b41-27-;. The number of fused-ring (bicyclic) bond motifs is 6. The van der Waals surface area contributed by atoms with Crippen LogP contribution in [0.25, 0.3) is 71.8 Å². The first-order chi connectivity index (χ1) is 27.7. The highest BCUT2D eigenvalue weighted by atomic mass is 15.0. The van der Waals surface area contributed by atoms with Crippen LogP contribution in [0.15, 0.2) is 206 Å². The fourth-order valence-corrected chi connectivity index (χ4v) is 7.81. The predicted molar refractivity (Wildman–Crippen MR) is 237 cm³/mol. The van der Waals surface area contributed by atoms with Crippen molar-refractivity contribution in [3.05, 3.63) is 223 Å². The molecule has 10 aromatic rings. The van der Waals surface area contributed by atoms with E-state index in [1.807, 2.05) is 60.7 Å². The molecule has 0 unspecified atom stereocenters. The lowest BCUT2D eigenvalue weighted by atomic mass is 10.0. The summed E-state index contributed by atoms with van der Waals surface area (Å²) in [6, 6.07) is 70.8. The fraction of sp³-hybridized carbons (Fsp3) is 0.0385. The topological polar surface area (TPSA) is 61.9 Å². The van der Waals surface area contributed by atoms with E-state index in [1.165, 1.54) is 71.6 Å². The Morgan fingerprint density at radius 2 is 0.911 bits per heavy atom. The maximum atomic E-state index is 6.36. The second kappa shape index (κ2) is 15.3. The summed E-state index contributed by atoms with van der Waals surface area (Å²) in [5, 5.41) is 5.02. The maximum absolute atomic E-state index is 6.36. The van der Waals surface area contributed by atoms with Crippen LogP contribution < -0.4 is 11.5 Å². The molecule has 0 radical (unpaired) electrons. The van der Waals surface area contributed by atoms with Crippen LogP contribution in [-0.2, 0) is 13.0 Å². The normalized spacial score (nSPS) is 11.6. The number of aromatic nitrogens is 2. The summed E-state index contributed by atoms with van der Waals surface area (Å²) in [6.45, 7) is 0.640. The molecule has 4 heteroatoms. The van der Waals surface area contributed by atoms with Gasteiger partial charge < -0.3 is 20.6 Å². The van der Waals surface area contributed by atoms with Crippen LogP contribution in [0, 0.1) is 0 Å². The molecule has 0 spiro atoms. The molecule has 0 aliphatic rings. The fourth-order valence-electron chi connectivity index (χ4n) is 7.81. The van der Waals surface area contributed by atoms with E-state index in [2.05, 4.69) is 155 Å². The van der Waals surface area contributed by atoms with Crippen LogP contribution in [-0.4, -0.2) is 9.13 Å². The first-order valence-electron chi connectivity index (χ1n) is 19.1. The smallest absolute Gasteiger partial charge is 0.0547 e. The number of para-hydroxylation sites is 3. The predicted octanol–water partition coefficient (Wildman–Crippen LogP) is 12.2. The van der Waals surface area contributed by atoms with E-state index >= 15 is 0 Å². The lowest BCUT2D eigenvalue weighted by Gasteiger charge is -2.10. The average molecular weight is 723 g/mol. The van der Waals surface area contributed by atoms with Gasteiger partial charge in [-0.2, -0.15) is 0 Å².